The smallest absolute Gasteiger partial charge is 0.327 e. The van der Waals surface area contributed by atoms with Crippen LogP contribution in [-0.4, -0.2) is 13.1 Å². The molecule has 0 saturated heterocycles. The van der Waals surface area contributed by atoms with E-state index in [4.69, 9.17) is 16.3 Å². The highest BCUT2D eigenvalue weighted by Gasteiger charge is 2.20. The molecule has 0 bridgehead atoms. The highest BCUT2D eigenvalue weighted by molar-refractivity contribution is 9.10. The van der Waals surface area contributed by atoms with Crippen molar-refractivity contribution >= 4 is 33.5 Å². The summed E-state index contributed by atoms with van der Waals surface area (Å²) in [6.45, 7) is 0.496. The van der Waals surface area contributed by atoms with Gasteiger partial charge in [0.15, 0.2) is 0 Å². The number of halogens is 2. The first-order valence-electron chi connectivity index (χ1n) is 6.42. The SMILES string of the molecule is COC(=O)C(NCc1cc(Cl)ccc1Br)c1ccccc1. The van der Waals surface area contributed by atoms with E-state index in [2.05, 4.69) is 21.2 Å². The zero-order valence-electron chi connectivity index (χ0n) is 11.5. The molecular formula is C16H15BrClNO2. The van der Waals surface area contributed by atoms with E-state index >= 15 is 0 Å². The molecule has 2 aromatic rings. The summed E-state index contributed by atoms with van der Waals surface area (Å²) in [6, 6.07) is 14.5. The molecule has 5 heteroatoms. The Labute approximate surface area is 137 Å². The highest BCUT2D eigenvalue weighted by atomic mass is 79.9. The van der Waals surface area contributed by atoms with E-state index in [0.29, 0.717) is 11.6 Å². The van der Waals surface area contributed by atoms with Gasteiger partial charge in [0.25, 0.3) is 0 Å². The third kappa shape index (κ3) is 4.30. The molecule has 0 aliphatic rings. The number of carbonyl (C=O) groups excluding carboxylic acids is 1. The molecular weight excluding hydrogens is 354 g/mol. The third-order valence-electron chi connectivity index (χ3n) is 3.07. The maximum Gasteiger partial charge on any atom is 0.327 e. The van der Waals surface area contributed by atoms with Gasteiger partial charge >= 0.3 is 5.97 Å². The van der Waals surface area contributed by atoms with E-state index in [1.54, 1.807) is 0 Å². The topological polar surface area (TPSA) is 38.3 Å². The van der Waals surface area contributed by atoms with E-state index in [9.17, 15) is 4.79 Å². The Morgan fingerprint density at radius 1 is 1.29 bits per heavy atom. The lowest BCUT2D eigenvalue weighted by atomic mass is 10.1. The molecule has 0 aliphatic carbocycles. The minimum absolute atomic E-state index is 0.320. The van der Waals surface area contributed by atoms with Gasteiger partial charge in [-0.05, 0) is 29.3 Å². The predicted octanol–water partition coefficient (Wildman–Crippen LogP) is 4.11. The number of ether oxygens (including phenoxy) is 1. The minimum atomic E-state index is -0.512. The van der Waals surface area contributed by atoms with Crippen LogP contribution in [0, 0.1) is 0 Å². The summed E-state index contributed by atoms with van der Waals surface area (Å²) in [5.41, 5.74) is 1.84. The van der Waals surface area contributed by atoms with E-state index in [1.807, 2.05) is 48.5 Å². The summed E-state index contributed by atoms with van der Waals surface area (Å²) in [7, 11) is 1.38. The van der Waals surface area contributed by atoms with Crippen LogP contribution in [0.1, 0.15) is 17.2 Å². The van der Waals surface area contributed by atoms with Gasteiger partial charge in [-0.25, -0.2) is 4.79 Å². The van der Waals surface area contributed by atoms with Crippen LogP contribution in [0.15, 0.2) is 53.0 Å². The van der Waals surface area contributed by atoms with Crippen LogP contribution in [-0.2, 0) is 16.1 Å². The fourth-order valence-corrected chi connectivity index (χ4v) is 2.57. The minimum Gasteiger partial charge on any atom is -0.468 e. The number of nitrogens with one attached hydrogen (secondary N) is 1. The Kier molecular flexibility index (Phi) is 5.79. The Bertz CT molecular complexity index is 619. The predicted molar refractivity (Wildman–Crippen MR) is 87.2 cm³/mol. The van der Waals surface area contributed by atoms with Gasteiger partial charge in [0.2, 0.25) is 0 Å². The average molecular weight is 369 g/mol. The van der Waals surface area contributed by atoms with E-state index in [1.165, 1.54) is 7.11 Å². The van der Waals surface area contributed by atoms with Crippen molar-refractivity contribution < 1.29 is 9.53 Å². The quantitative estimate of drug-likeness (QED) is 0.807. The number of methoxy groups -OCH3 is 1. The fourth-order valence-electron chi connectivity index (χ4n) is 1.99. The van der Waals surface area contributed by atoms with Crippen LogP contribution < -0.4 is 5.32 Å². The van der Waals surface area contributed by atoms with Crippen molar-refractivity contribution in [2.24, 2.45) is 0 Å². The molecule has 0 amide bonds. The first kappa shape index (κ1) is 16.0. The van der Waals surface area contributed by atoms with Crippen LogP contribution in [0.4, 0.5) is 0 Å². The fraction of sp³-hybridized carbons (Fsp3) is 0.188. The van der Waals surface area contributed by atoms with E-state index in [-0.39, 0.29) is 5.97 Å². The molecule has 0 aromatic heterocycles. The van der Waals surface area contributed by atoms with Gasteiger partial charge in [-0.2, -0.15) is 0 Å². The first-order chi connectivity index (χ1) is 10.1. The van der Waals surface area contributed by atoms with Gasteiger partial charge in [0, 0.05) is 16.0 Å². The molecule has 0 fully saturated rings. The molecule has 1 N–H and O–H groups in total. The lowest BCUT2D eigenvalue weighted by Gasteiger charge is -2.17. The molecule has 110 valence electrons. The van der Waals surface area contributed by atoms with Gasteiger partial charge < -0.3 is 4.74 Å². The van der Waals surface area contributed by atoms with Crippen molar-refractivity contribution in [3.63, 3.8) is 0 Å². The van der Waals surface area contributed by atoms with E-state index < -0.39 is 6.04 Å². The van der Waals surface area contributed by atoms with Crippen molar-refractivity contribution in [2.75, 3.05) is 7.11 Å². The van der Waals surface area contributed by atoms with Gasteiger partial charge in [0.05, 0.1) is 7.11 Å². The normalized spacial score (nSPS) is 12.0. The molecule has 0 spiro atoms. The molecule has 0 heterocycles. The van der Waals surface area contributed by atoms with Crippen LogP contribution in [0.25, 0.3) is 0 Å². The molecule has 1 unspecified atom stereocenters. The molecule has 0 aliphatic heterocycles. The summed E-state index contributed by atoms with van der Waals surface area (Å²) < 4.78 is 5.81. The Balaban J connectivity index is 2.16. The molecule has 0 saturated carbocycles. The number of hydrogen-bond donors (Lipinski definition) is 1. The zero-order chi connectivity index (χ0) is 15.2. The van der Waals surface area contributed by atoms with Crippen LogP contribution in [0.2, 0.25) is 5.02 Å². The van der Waals surface area contributed by atoms with Gasteiger partial charge in [0.1, 0.15) is 6.04 Å². The molecule has 21 heavy (non-hydrogen) atoms. The monoisotopic (exact) mass is 367 g/mol. The second kappa shape index (κ2) is 7.59. The number of rotatable bonds is 5. The average Bonchev–Trinajstić information content (AvgIpc) is 2.51. The van der Waals surface area contributed by atoms with Gasteiger partial charge in [-0.15, -0.1) is 0 Å². The summed E-state index contributed by atoms with van der Waals surface area (Å²) >= 11 is 9.47. The largest absolute Gasteiger partial charge is 0.468 e. The molecule has 2 rings (SSSR count). The number of benzene rings is 2. The lowest BCUT2D eigenvalue weighted by Crippen LogP contribution is -2.29. The Morgan fingerprint density at radius 3 is 2.67 bits per heavy atom. The van der Waals surface area contributed by atoms with Crippen molar-refractivity contribution in [3.05, 3.63) is 69.2 Å². The third-order valence-corrected chi connectivity index (χ3v) is 4.08. The summed E-state index contributed by atoms with van der Waals surface area (Å²) in [5, 5.41) is 3.86. The molecule has 3 nitrogen and oxygen atoms in total. The Morgan fingerprint density at radius 2 is 2.00 bits per heavy atom. The summed E-state index contributed by atoms with van der Waals surface area (Å²) in [6.07, 6.45) is 0. The standard InChI is InChI=1S/C16H15BrClNO2/c1-21-16(20)15(11-5-3-2-4-6-11)19-10-12-9-13(18)7-8-14(12)17/h2-9,15,19H,10H2,1H3. The first-order valence-corrected chi connectivity index (χ1v) is 7.59. The zero-order valence-corrected chi connectivity index (χ0v) is 13.8. The van der Waals surface area contributed by atoms with Crippen LogP contribution in [0.5, 0.6) is 0 Å². The summed E-state index contributed by atoms with van der Waals surface area (Å²) in [5.74, 6) is -0.320. The van der Waals surface area contributed by atoms with Crippen molar-refractivity contribution in [2.45, 2.75) is 12.6 Å². The summed E-state index contributed by atoms with van der Waals surface area (Å²) in [4.78, 5) is 12.0. The maximum atomic E-state index is 12.0. The van der Waals surface area contributed by atoms with Crippen molar-refractivity contribution in [3.8, 4) is 0 Å². The van der Waals surface area contributed by atoms with Crippen molar-refractivity contribution in [1.29, 1.82) is 0 Å². The van der Waals surface area contributed by atoms with Gasteiger partial charge in [-0.1, -0.05) is 57.9 Å². The lowest BCUT2D eigenvalue weighted by molar-refractivity contribution is -0.143. The molecule has 2 aromatic carbocycles. The van der Waals surface area contributed by atoms with Crippen molar-refractivity contribution in [1.82, 2.24) is 5.32 Å². The van der Waals surface area contributed by atoms with Gasteiger partial charge in [-0.3, -0.25) is 5.32 Å². The van der Waals surface area contributed by atoms with E-state index in [0.717, 1.165) is 15.6 Å². The number of hydrogen-bond acceptors (Lipinski definition) is 3. The number of carbonyl (C=O) groups is 1. The Hall–Kier alpha value is -1.36. The second-order valence-electron chi connectivity index (χ2n) is 4.48. The van der Waals surface area contributed by atoms with Crippen LogP contribution in [0.3, 0.4) is 0 Å². The second-order valence-corrected chi connectivity index (χ2v) is 5.77. The number of esters is 1. The van der Waals surface area contributed by atoms with Crippen LogP contribution >= 0.6 is 27.5 Å². The maximum absolute atomic E-state index is 12.0. The molecule has 1 atom stereocenters. The molecule has 0 radical (unpaired) electrons. The highest BCUT2D eigenvalue weighted by Crippen LogP contribution is 2.22.